The van der Waals surface area contributed by atoms with Gasteiger partial charge >= 0.3 is 0 Å². The molecule has 4 aromatic rings. The van der Waals surface area contributed by atoms with Gasteiger partial charge in [-0.3, -0.25) is 0 Å². The minimum Gasteiger partial charge on any atom is -0.247 e. The molecule has 4 rings (SSSR count). The molecule has 26 heavy (non-hydrogen) atoms. The molecule has 0 radical (unpaired) electrons. The minimum absolute atomic E-state index is 0.479. The molecule has 0 N–H and O–H groups in total. The highest BCUT2D eigenvalue weighted by Gasteiger charge is 2.06. The summed E-state index contributed by atoms with van der Waals surface area (Å²) in [5.74, 6) is 0.657. The van der Waals surface area contributed by atoms with Gasteiger partial charge in [-0.25, -0.2) is 15.0 Å². The van der Waals surface area contributed by atoms with E-state index >= 15 is 0 Å². The SMILES string of the molecule is N#C/C(=C\c1cnc(-c2ccccc2)nc1)c1ccc2ccccc2n1. The number of nitriles is 1. The largest absolute Gasteiger partial charge is 0.247 e. The quantitative estimate of drug-likeness (QED) is 0.507. The van der Waals surface area contributed by atoms with Crippen molar-refractivity contribution in [1.29, 1.82) is 5.26 Å². The van der Waals surface area contributed by atoms with E-state index in [2.05, 4.69) is 21.0 Å². The summed E-state index contributed by atoms with van der Waals surface area (Å²) in [5.41, 5.74) is 3.70. The van der Waals surface area contributed by atoms with E-state index in [0.717, 1.165) is 22.0 Å². The van der Waals surface area contributed by atoms with Crippen LogP contribution in [-0.2, 0) is 0 Å². The zero-order valence-corrected chi connectivity index (χ0v) is 13.9. The molecular formula is C22H14N4. The van der Waals surface area contributed by atoms with Crippen molar-refractivity contribution in [1.82, 2.24) is 15.0 Å². The Kier molecular flexibility index (Phi) is 4.19. The first-order valence-corrected chi connectivity index (χ1v) is 8.19. The van der Waals surface area contributed by atoms with Crippen molar-refractivity contribution in [2.75, 3.05) is 0 Å². The summed E-state index contributed by atoms with van der Waals surface area (Å²) < 4.78 is 0. The molecule has 0 aliphatic rings. The molecule has 122 valence electrons. The Morgan fingerprint density at radius 2 is 1.58 bits per heavy atom. The second-order valence-corrected chi connectivity index (χ2v) is 5.77. The summed E-state index contributed by atoms with van der Waals surface area (Å²) >= 11 is 0. The van der Waals surface area contributed by atoms with Crippen LogP contribution in [0.2, 0.25) is 0 Å². The number of fused-ring (bicyclic) bond motifs is 1. The molecule has 0 spiro atoms. The fourth-order valence-corrected chi connectivity index (χ4v) is 2.70. The van der Waals surface area contributed by atoms with Gasteiger partial charge in [0.1, 0.15) is 6.07 Å². The second kappa shape index (κ2) is 6.96. The maximum Gasteiger partial charge on any atom is 0.159 e. The monoisotopic (exact) mass is 334 g/mol. The van der Waals surface area contributed by atoms with E-state index in [9.17, 15) is 5.26 Å². The van der Waals surface area contributed by atoms with Gasteiger partial charge in [-0.15, -0.1) is 0 Å². The first-order valence-electron chi connectivity index (χ1n) is 8.19. The van der Waals surface area contributed by atoms with Gasteiger partial charge in [0.25, 0.3) is 0 Å². The first-order chi connectivity index (χ1) is 12.8. The Bertz CT molecular complexity index is 1120. The van der Waals surface area contributed by atoms with Crippen molar-refractivity contribution in [3.8, 4) is 17.5 Å². The zero-order valence-electron chi connectivity index (χ0n) is 13.9. The zero-order chi connectivity index (χ0) is 17.8. The van der Waals surface area contributed by atoms with Gasteiger partial charge in [0.15, 0.2) is 5.82 Å². The number of aromatic nitrogens is 3. The highest BCUT2D eigenvalue weighted by atomic mass is 14.9. The van der Waals surface area contributed by atoms with Crippen LogP contribution in [-0.4, -0.2) is 15.0 Å². The predicted molar refractivity (Wildman–Crippen MR) is 103 cm³/mol. The number of hydrogen-bond donors (Lipinski definition) is 0. The molecule has 4 heteroatoms. The maximum atomic E-state index is 9.55. The van der Waals surface area contributed by atoms with Crippen LogP contribution in [0.3, 0.4) is 0 Å². The lowest BCUT2D eigenvalue weighted by Gasteiger charge is -2.03. The molecule has 4 nitrogen and oxygen atoms in total. The standard InChI is InChI=1S/C22H14N4/c23-13-19(21-11-10-17-6-4-5-9-20(17)26-21)12-16-14-24-22(25-15-16)18-7-2-1-3-8-18/h1-12,14-15H/b19-12+. The molecule has 0 unspecified atom stereocenters. The highest BCUT2D eigenvalue weighted by molar-refractivity contribution is 5.90. The third kappa shape index (κ3) is 3.19. The molecule has 0 saturated carbocycles. The third-order valence-corrected chi connectivity index (χ3v) is 4.01. The Hall–Kier alpha value is -3.84. The Morgan fingerprint density at radius 1 is 0.846 bits per heavy atom. The molecular weight excluding hydrogens is 320 g/mol. The number of benzene rings is 2. The average molecular weight is 334 g/mol. The minimum atomic E-state index is 0.479. The van der Waals surface area contributed by atoms with Crippen LogP contribution in [0.1, 0.15) is 11.3 Å². The number of hydrogen-bond acceptors (Lipinski definition) is 4. The predicted octanol–water partition coefficient (Wildman–Crippen LogP) is 4.76. The van der Waals surface area contributed by atoms with E-state index in [-0.39, 0.29) is 0 Å². The summed E-state index contributed by atoms with van der Waals surface area (Å²) in [7, 11) is 0. The normalized spacial score (nSPS) is 11.3. The van der Waals surface area contributed by atoms with Crippen LogP contribution in [0.4, 0.5) is 0 Å². The van der Waals surface area contributed by atoms with Crippen molar-refractivity contribution < 1.29 is 0 Å². The maximum absolute atomic E-state index is 9.55. The summed E-state index contributed by atoms with van der Waals surface area (Å²) in [6.45, 7) is 0. The number of allylic oxidation sites excluding steroid dienone is 1. The Morgan fingerprint density at radius 3 is 2.35 bits per heavy atom. The molecule has 0 aliphatic heterocycles. The van der Waals surface area contributed by atoms with Gasteiger partial charge in [0.05, 0.1) is 16.8 Å². The molecule has 2 aromatic heterocycles. The molecule has 0 amide bonds. The fraction of sp³-hybridized carbons (Fsp3) is 0. The van der Waals surface area contributed by atoms with Crippen LogP contribution in [0.5, 0.6) is 0 Å². The average Bonchev–Trinajstić information content (AvgIpc) is 2.73. The van der Waals surface area contributed by atoms with Crippen molar-refractivity contribution in [3.05, 3.63) is 90.4 Å². The molecule has 0 bridgehead atoms. The van der Waals surface area contributed by atoms with Crippen LogP contribution in [0.25, 0.3) is 33.9 Å². The van der Waals surface area contributed by atoms with Crippen LogP contribution >= 0.6 is 0 Å². The van der Waals surface area contributed by atoms with E-state index in [1.54, 1.807) is 18.5 Å². The Balaban J connectivity index is 1.67. The lowest BCUT2D eigenvalue weighted by Crippen LogP contribution is -1.91. The molecule has 0 saturated heterocycles. The van der Waals surface area contributed by atoms with Crippen LogP contribution in [0, 0.1) is 11.3 Å². The van der Waals surface area contributed by atoms with Crippen molar-refractivity contribution in [2.45, 2.75) is 0 Å². The van der Waals surface area contributed by atoms with Crippen LogP contribution in [0.15, 0.2) is 79.1 Å². The third-order valence-electron chi connectivity index (χ3n) is 4.01. The fourth-order valence-electron chi connectivity index (χ4n) is 2.70. The number of rotatable bonds is 3. The number of nitrogens with zero attached hydrogens (tertiary/aromatic N) is 4. The van der Waals surface area contributed by atoms with E-state index in [4.69, 9.17) is 0 Å². The van der Waals surface area contributed by atoms with Gasteiger partial charge in [-0.2, -0.15) is 5.26 Å². The van der Waals surface area contributed by atoms with Crippen molar-refractivity contribution >= 4 is 22.6 Å². The Labute approximate surface area is 151 Å². The topological polar surface area (TPSA) is 62.5 Å². The second-order valence-electron chi connectivity index (χ2n) is 5.77. The van der Waals surface area contributed by atoms with Crippen LogP contribution < -0.4 is 0 Å². The lowest BCUT2D eigenvalue weighted by molar-refractivity contribution is 1.17. The number of para-hydroxylation sites is 1. The summed E-state index contributed by atoms with van der Waals surface area (Å²) in [5, 5.41) is 10.6. The molecule has 2 aromatic carbocycles. The van der Waals surface area contributed by atoms with E-state index in [0.29, 0.717) is 17.1 Å². The van der Waals surface area contributed by atoms with E-state index < -0.39 is 0 Å². The molecule has 0 atom stereocenters. The molecule has 0 aliphatic carbocycles. The smallest absolute Gasteiger partial charge is 0.159 e. The van der Waals surface area contributed by atoms with Crippen molar-refractivity contribution in [2.24, 2.45) is 0 Å². The van der Waals surface area contributed by atoms with Gasteiger partial charge < -0.3 is 0 Å². The van der Waals surface area contributed by atoms with Crippen molar-refractivity contribution in [3.63, 3.8) is 0 Å². The highest BCUT2D eigenvalue weighted by Crippen LogP contribution is 2.20. The van der Waals surface area contributed by atoms with Gasteiger partial charge in [-0.1, -0.05) is 54.6 Å². The van der Waals surface area contributed by atoms with Gasteiger partial charge in [0.2, 0.25) is 0 Å². The molecule has 2 heterocycles. The van der Waals surface area contributed by atoms with E-state index in [1.807, 2.05) is 66.7 Å². The summed E-state index contributed by atoms with van der Waals surface area (Å²) in [6.07, 6.45) is 5.19. The summed E-state index contributed by atoms with van der Waals surface area (Å²) in [6, 6.07) is 23.7. The summed E-state index contributed by atoms with van der Waals surface area (Å²) in [4.78, 5) is 13.4. The first kappa shape index (κ1) is 15.7. The molecule has 0 fully saturated rings. The lowest BCUT2D eigenvalue weighted by atomic mass is 10.1. The number of pyridine rings is 1. The van der Waals surface area contributed by atoms with E-state index in [1.165, 1.54) is 0 Å². The van der Waals surface area contributed by atoms with Gasteiger partial charge in [-0.05, 0) is 18.2 Å². The van der Waals surface area contributed by atoms with Gasteiger partial charge in [0, 0.05) is 28.9 Å².